The van der Waals surface area contributed by atoms with E-state index in [1.54, 1.807) is 18.3 Å². The van der Waals surface area contributed by atoms with Crippen molar-refractivity contribution in [2.24, 2.45) is 0 Å². The minimum Gasteiger partial charge on any atom is -0.322 e. The zero-order valence-corrected chi connectivity index (χ0v) is 18.0. The molecule has 3 aliphatic heterocycles. The molecule has 4 heterocycles. The summed E-state index contributed by atoms with van der Waals surface area (Å²) in [5.74, 6) is -1.93. The van der Waals surface area contributed by atoms with Crippen molar-refractivity contribution in [2.45, 2.75) is 50.7 Å². The predicted molar refractivity (Wildman–Crippen MR) is 114 cm³/mol. The first-order chi connectivity index (χ1) is 15.9. The van der Waals surface area contributed by atoms with Crippen LogP contribution in [0.5, 0.6) is 0 Å². The average molecular weight is 454 g/mol. The summed E-state index contributed by atoms with van der Waals surface area (Å²) in [5, 5.41) is 2.28. The molecule has 0 saturated carbocycles. The minimum atomic E-state index is -0.717. The first-order valence-electron chi connectivity index (χ1n) is 11.2. The molecular weight excluding hydrogens is 430 g/mol. The molecule has 1 aromatic heterocycles. The zero-order chi connectivity index (χ0) is 23.1. The van der Waals surface area contributed by atoms with Crippen LogP contribution < -0.4 is 5.32 Å². The highest BCUT2D eigenvalue weighted by Crippen LogP contribution is 2.35. The van der Waals surface area contributed by atoms with E-state index in [2.05, 4.69) is 15.2 Å². The van der Waals surface area contributed by atoms with Crippen LogP contribution in [0.1, 0.15) is 58.6 Å². The molecule has 33 heavy (non-hydrogen) atoms. The second-order valence-electron chi connectivity index (χ2n) is 8.95. The van der Waals surface area contributed by atoms with Crippen molar-refractivity contribution in [1.29, 1.82) is 0 Å². The Morgan fingerprint density at radius 2 is 1.85 bits per heavy atom. The summed E-state index contributed by atoms with van der Waals surface area (Å²) in [6, 6.07) is 4.01. The number of nitrogens with zero attached hydrogens (tertiary/aromatic N) is 3. The largest absolute Gasteiger partial charge is 0.322 e. The number of carbonyl (C=O) groups is 3. The molecule has 2 fully saturated rings. The first kappa shape index (κ1) is 21.6. The normalized spacial score (nSPS) is 21.9. The van der Waals surface area contributed by atoms with Gasteiger partial charge in [-0.2, -0.15) is 0 Å². The lowest BCUT2D eigenvalue weighted by Gasteiger charge is -2.32. The standard InChI is InChI=1S/C24H24F2N4O3/c25-19-10-18-16(13-30(24(18)33)21-1-2-22(31)28-23(21)32)9-17(19)14-4-7-29(8-5-14)12-15-3-6-27-11-20(15)26/h3,6,9-11,14,21H,1-2,4-5,7-8,12-13H2,(H,28,31,32). The summed E-state index contributed by atoms with van der Waals surface area (Å²) >= 11 is 0. The van der Waals surface area contributed by atoms with Gasteiger partial charge in [0.15, 0.2) is 0 Å². The molecule has 5 rings (SSSR count). The van der Waals surface area contributed by atoms with E-state index >= 15 is 4.39 Å². The second kappa shape index (κ2) is 8.62. The fourth-order valence-electron chi connectivity index (χ4n) is 5.10. The van der Waals surface area contributed by atoms with Crippen molar-refractivity contribution in [2.75, 3.05) is 13.1 Å². The van der Waals surface area contributed by atoms with Gasteiger partial charge in [0, 0.05) is 36.8 Å². The maximum absolute atomic E-state index is 15.0. The third-order valence-electron chi connectivity index (χ3n) is 6.92. The van der Waals surface area contributed by atoms with Gasteiger partial charge in [-0.05, 0) is 61.5 Å². The van der Waals surface area contributed by atoms with E-state index in [9.17, 15) is 18.8 Å². The third-order valence-corrected chi connectivity index (χ3v) is 6.92. The van der Waals surface area contributed by atoms with E-state index in [1.807, 2.05) is 0 Å². The number of piperidine rings is 2. The Labute approximate surface area is 189 Å². The maximum Gasteiger partial charge on any atom is 0.255 e. The van der Waals surface area contributed by atoms with Crippen LogP contribution in [0, 0.1) is 11.6 Å². The zero-order valence-electron chi connectivity index (χ0n) is 18.0. The highest BCUT2D eigenvalue weighted by molar-refractivity contribution is 6.05. The Bertz CT molecular complexity index is 1130. The number of likely N-dealkylation sites (tertiary alicyclic amines) is 1. The minimum absolute atomic E-state index is 0.00795. The van der Waals surface area contributed by atoms with Crippen molar-refractivity contribution in [3.8, 4) is 0 Å². The number of rotatable bonds is 4. The number of aromatic nitrogens is 1. The van der Waals surface area contributed by atoms with Crippen LogP contribution in [0.3, 0.4) is 0 Å². The lowest BCUT2D eigenvalue weighted by atomic mass is 9.87. The SMILES string of the molecule is O=C1CCC(N2Cc3cc(C4CCN(Cc5ccncc5F)CC4)c(F)cc3C2=O)C(=O)N1. The smallest absolute Gasteiger partial charge is 0.255 e. The third kappa shape index (κ3) is 4.13. The number of hydrogen-bond donors (Lipinski definition) is 1. The van der Waals surface area contributed by atoms with Crippen molar-refractivity contribution in [1.82, 2.24) is 20.1 Å². The Morgan fingerprint density at radius 3 is 2.58 bits per heavy atom. The van der Waals surface area contributed by atoms with E-state index in [1.165, 1.54) is 17.2 Å². The number of hydrogen-bond acceptors (Lipinski definition) is 5. The van der Waals surface area contributed by atoms with Gasteiger partial charge >= 0.3 is 0 Å². The molecule has 1 atom stereocenters. The van der Waals surface area contributed by atoms with E-state index in [4.69, 9.17) is 0 Å². The molecule has 1 aromatic carbocycles. The number of amides is 3. The van der Waals surface area contributed by atoms with Gasteiger partial charge in [0.1, 0.15) is 17.7 Å². The molecular formula is C24H24F2N4O3. The predicted octanol–water partition coefficient (Wildman–Crippen LogP) is 2.50. The van der Waals surface area contributed by atoms with Gasteiger partial charge in [-0.3, -0.25) is 29.6 Å². The number of fused-ring (bicyclic) bond motifs is 1. The number of carbonyl (C=O) groups excluding carboxylic acids is 3. The van der Waals surface area contributed by atoms with Crippen LogP contribution in [0.4, 0.5) is 8.78 Å². The molecule has 0 radical (unpaired) electrons. The quantitative estimate of drug-likeness (QED) is 0.718. The number of nitrogens with one attached hydrogen (secondary N) is 1. The number of benzene rings is 1. The summed E-state index contributed by atoms with van der Waals surface area (Å²) in [4.78, 5) is 43.9. The fraction of sp³-hybridized carbons (Fsp3) is 0.417. The van der Waals surface area contributed by atoms with Gasteiger partial charge in [0.05, 0.1) is 6.20 Å². The number of halogens is 2. The molecule has 1 unspecified atom stereocenters. The Balaban J connectivity index is 1.27. The first-order valence-corrected chi connectivity index (χ1v) is 11.2. The molecule has 0 spiro atoms. The van der Waals surface area contributed by atoms with Gasteiger partial charge in [-0.1, -0.05) is 6.07 Å². The van der Waals surface area contributed by atoms with Gasteiger partial charge in [0.2, 0.25) is 11.8 Å². The summed E-state index contributed by atoms with van der Waals surface area (Å²) in [7, 11) is 0. The van der Waals surface area contributed by atoms with Crippen LogP contribution in [-0.2, 0) is 22.7 Å². The fourth-order valence-corrected chi connectivity index (χ4v) is 5.10. The molecule has 7 nitrogen and oxygen atoms in total. The monoisotopic (exact) mass is 454 g/mol. The Hall–Kier alpha value is -3.20. The van der Waals surface area contributed by atoms with Gasteiger partial charge in [-0.25, -0.2) is 8.78 Å². The van der Waals surface area contributed by atoms with Crippen molar-refractivity contribution in [3.63, 3.8) is 0 Å². The van der Waals surface area contributed by atoms with E-state index in [0.29, 0.717) is 36.3 Å². The highest BCUT2D eigenvalue weighted by Gasteiger charge is 2.40. The molecule has 3 aliphatic rings. The lowest BCUT2D eigenvalue weighted by Crippen LogP contribution is -2.52. The second-order valence-corrected chi connectivity index (χ2v) is 8.95. The van der Waals surface area contributed by atoms with Crippen LogP contribution in [-0.4, -0.2) is 51.6 Å². The topological polar surface area (TPSA) is 82.6 Å². The molecule has 3 amide bonds. The van der Waals surface area contributed by atoms with Crippen molar-refractivity contribution >= 4 is 17.7 Å². The summed E-state index contributed by atoms with van der Waals surface area (Å²) in [5.41, 5.74) is 2.18. The van der Waals surface area contributed by atoms with Crippen LogP contribution in [0.25, 0.3) is 0 Å². The molecule has 0 aliphatic carbocycles. The summed E-state index contributed by atoms with van der Waals surface area (Å²) < 4.78 is 28.9. The maximum atomic E-state index is 15.0. The van der Waals surface area contributed by atoms with Crippen molar-refractivity contribution < 1.29 is 23.2 Å². The van der Waals surface area contributed by atoms with Crippen LogP contribution in [0.15, 0.2) is 30.6 Å². The Kier molecular flexibility index (Phi) is 5.65. The van der Waals surface area contributed by atoms with Crippen LogP contribution in [0.2, 0.25) is 0 Å². The molecule has 2 aromatic rings. The van der Waals surface area contributed by atoms with E-state index < -0.39 is 17.8 Å². The van der Waals surface area contributed by atoms with Crippen LogP contribution >= 0.6 is 0 Å². The molecule has 9 heteroatoms. The number of pyridine rings is 1. The summed E-state index contributed by atoms with van der Waals surface area (Å²) in [6.45, 7) is 2.14. The molecule has 172 valence electrons. The molecule has 0 bridgehead atoms. The lowest BCUT2D eigenvalue weighted by molar-refractivity contribution is -0.136. The number of imide groups is 1. The highest BCUT2D eigenvalue weighted by atomic mass is 19.1. The molecule has 1 N–H and O–H groups in total. The summed E-state index contributed by atoms with van der Waals surface area (Å²) in [6.07, 6.45) is 4.70. The van der Waals surface area contributed by atoms with Crippen molar-refractivity contribution in [3.05, 3.63) is 64.5 Å². The van der Waals surface area contributed by atoms with E-state index in [-0.39, 0.29) is 48.5 Å². The Morgan fingerprint density at radius 1 is 1.06 bits per heavy atom. The van der Waals surface area contributed by atoms with Gasteiger partial charge in [0.25, 0.3) is 5.91 Å². The molecule has 2 saturated heterocycles. The van der Waals surface area contributed by atoms with Gasteiger partial charge in [-0.15, -0.1) is 0 Å². The van der Waals surface area contributed by atoms with E-state index in [0.717, 1.165) is 12.8 Å². The van der Waals surface area contributed by atoms with Gasteiger partial charge < -0.3 is 4.90 Å². The average Bonchev–Trinajstić information content (AvgIpc) is 3.11.